The van der Waals surface area contributed by atoms with Crippen molar-refractivity contribution in [1.29, 1.82) is 0 Å². The molecule has 1 N–H and O–H groups in total. The number of aryl methyl sites for hydroxylation is 1. The van der Waals surface area contributed by atoms with Crippen molar-refractivity contribution < 1.29 is 0 Å². The summed E-state index contributed by atoms with van der Waals surface area (Å²) in [6, 6.07) is 0. The van der Waals surface area contributed by atoms with Gasteiger partial charge in [-0.1, -0.05) is 12.1 Å². The van der Waals surface area contributed by atoms with Crippen LogP contribution in [0.1, 0.15) is 20.3 Å². The van der Waals surface area contributed by atoms with Crippen molar-refractivity contribution in [1.82, 2.24) is 15.0 Å². The van der Waals surface area contributed by atoms with Gasteiger partial charge in [-0.05, 0) is 13.3 Å². The average Bonchev–Trinajstić information content (AvgIpc) is 2.47. The van der Waals surface area contributed by atoms with Gasteiger partial charge >= 0.3 is 0 Å². The molecule has 0 saturated carbocycles. The van der Waals surface area contributed by atoms with Crippen LogP contribution in [-0.2, 0) is 6.54 Å². The lowest BCUT2D eigenvalue weighted by Crippen LogP contribution is -2.07. The third-order valence-electron chi connectivity index (χ3n) is 1.47. The lowest BCUT2D eigenvalue weighted by Gasteiger charge is -2.03. The van der Waals surface area contributed by atoms with E-state index >= 15 is 0 Å². The summed E-state index contributed by atoms with van der Waals surface area (Å²) in [6.45, 7) is 6.03. The van der Waals surface area contributed by atoms with Gasteiger partial charge in [-0.15, -0.1) is 5.10 Å². The molecule has 0 atom stereocenters. The second kappa shape index (κ2) is 3.95. The predicted molar refractivity (Wildman–Crippen MR) is 44.5 cm³/mol. The van der Waals surface area contributed by atoms with Crippen LogP contribution >= 0.6 is 0 Å². The van der Waals surface area contributed by atoms with E-state index in [4.69, 9.17) is 0 Å². The molecule has 1 rings (SSSR count). The fourth-order valence-corrected chi connectivity index (χ4v) is 0.881. The quantitative estimate of drug-likeness (QED) is 0.706. The molecule has 0 aliphatic heterocycles. The number of aromatic nitrogens is 3. The van der Waals surface area contributed by atoms with Crippen LogP contribution in [0.5, 0.6) is 0 Å². The molecule has 0 radical (unpaired) electrons. The average molecular weight is 154 g/mol. The van der Waals surface area contributed by atoms with Crippen molar-refractivity contribution in [2.45, 2.75) is 26.8 Å². The van der Waals surface area contributed by atoms with Gasteiger partial charge in [0.05, 0.1) is 6.20 Å². The summed E-state index contributed by atoms with van der Waals surface area (Å²) < 4.78 is 1.84. The maximum atomic E-state index is 3.89. The van der Waals surface area contributed by atoms with Gasteiger partial charge in [-0.3, -0.25) is 0 Å². The Morgan fingerprint density at radius 3 is 3.00 bits per heavy atom. The molecule has 11 heavy (non-hydrogen) atoms. The molecule has 1 aromatic rings. The minimum absolute atomic E-state index is 0.867. The fourth-order valence-electron chi connectivity index (χ4n) is 0.881. The molecule has 4 heteroatoms. The third-order valence-corrected chi connectivity index (χ3v) is 1.47. The Hall–Kier alpha value is -1.06. The summed E-state index contributed by atoms with van der Waals surface area (Å²) in [7, 11) is 0. The molecule has 0 fully saturated rings. The lowest BCUT2D eigenvalue weighted by molar-refractivity contribution is 0.630. The van der Waals surface area contributed by atoms with Gasteiger partial charge in [-0.25, -0.2) is 4.68 Å². The zero-order chi connectivity index (χ0) is 8.10. The van der Waals surface area contributed by atoms with Crippen molar-refractivity contribution in [2.24, 2.45) is 0 Å². The largest absolute Gasteiger partial charge is 0.369 e. The topological polar surface area (TPSA) is 42.7 Å². The number of nitrogens with zero attached hydrogens (tertiary/aromatic N) is 3. The van der Waals surface area contributed by atoms with E-state index < -0.39 is 0 Å². The first kappa shape index (κ1) is 8.04. The van der Waals surface area contributed by atoms with Crippen molar-refractivity contribution in [2.75, 3.05) is 11.9 Å². The summed E-state index contributed by atoms with van der Waals surface area (Å²) in [5.41, 5.74) is 0. The van der Waals surface area contributed by atoms with Crippen LogP contribution in [0.25, 0.3) is 0 Å². The number of anilines is 1. The molecule has 0 saturated heterocycles. The molecule has 0 spiro atoms. The summed E-state index contributed by atoms with van der Waals surface area (Å²) >= 11 is 0. The van der Waals surface area contributed by atoms with Gasteiger partial charge in [-0.2, -0.15) is 0 Å². The van der Waals surface area contributed by atoms with E-state index in [2.05, 4.69) is 22.6 Å². The monoisotopic (exact) mass is 154 g/mol. The van der Waals surface area contributed by atoms with Crippen LogP contribution in [0.3, 0.4) is 0 Å². The fraction of sp³-hybridized carbons (Fsp3) is 0.714. The van der Waals surface area contributed by atoms with Gasteiger partial charge in [0.2, 0.25) is 0 Å². The summed E-state index contributed by atoms with van der Waals surface area (Å²) in [5, 5.41) is 10.9. The molecule has 0 aromatic carbocycles. The van der Waals surface area contributed by atoms with Crippen LogP contribution < -0.4 is 5.32 Å². The van der Waals surface area contributed by atoms with E-state index in [-0.39, 0.29) is 0 Å². The molecule has 0 aliphatic rings. The molecule has 0 unspecified atom stereocenters. The highest BCUT2D eigenvalue weighted by Gasteiger charge is 1.97. The summed E-state index contributed by atoms with van der Waals surface area (Å²) in [4.78, 5) is 0. The summed E-state index contributed by atoms with van der Waals surface area (Å²) in [6.07, 6.45) is 2.87. The van der Waals surface area contributed by atoms with Crippen LogP contribution in [0.4, 0.5) is 5.82 Å². The number of rotatable bonds is 4. The van der Waals surface area contributed by atoms with Gasteiger partial charge in [0.1, 0.15) is 5.82 Å². The second-order valence-electron chi connectivity index (χ2n) is 2.36. The predicted octanol–water partition coefficient (Wildman–Crippen LogP) is 1.12. The zero-order valence-corrected chi connectivity index (χ0v) is 7.04. The first-order valence-corrected chi connectivity index (χ1v) is 4.00. The van der Waals surface area contributed by atoms with E-state index in [1.807, 2.05) is 11.6 Å². The maximum Gasteiger partial charge on any atom is 0.144 e. The Balaban J connectivity index is 2.54. The molecule has 4 nitrogen and oxygen atoms in total. The first-order chi connectivity index (χ1) is 5.38. The van der Waals surface area contributed by atoms with Gasteiger partial charge in [0.25, 0.3) is 0 Å². The van der Waals surface area contributed by atoms with Crippen LogP contribution in [0.2, 0.25) is 0 Å². The van der Waals surface area contributed by atoms with Crippen LogP contribution in [0, 0.1) is 0 Å². The molecule has 0 aliphatic carbocycles. The Kier molecular flexibility index (Phi) is 2.89. The molecule has 0 bridgehead atoms. The molecule has 0 amide bonds. The zero-order valence-electron chi connectivity index (χ0n) is 7.04. The minimum atomic E-state index is 0.867. The maximum absolute atomic E-state index is 3.89. The molecule has 1 aromatic heterocycles. The Morgan fingerprint density at radius 2 is 2.36 bits per heavy atom. The van der Waals surface area contributed by atoms with Crippen LogP contribution in [-0.4, -0.2) is 21.5 Å². The highest BCUT2D eigenvalue weighted by molar-refractivity contribution is 5.30. The van der Waals surface area contributed by atoms with E-state index in [0.29, 0.717) is 0 Å². The van der Waals surface area contributed by atoms with Crippen molar-refractivity contribution in [3.05, 3.63) is 6.20 Å². The highest BCUT2D eigenvalue weighted by atomic mass is 15.4. The molecule has 1 heterocycles. The van der Waals surface area contributed by atoms with E-state index in [0.717, 1.165) is 25.3 Å². The van der Waals surface area contributed by atoms with Crippen molar-refractivity contribution in [3.8, 4) is 0 Å². The number of hydrogen-bond donors (Lipinski definition) is 1. The van der Waals surface area contributed by atoms with Crippen molar-refractivity contribution >= 4 is 5.82 Å². The number of hydrogen-bond acceptors (Lipinski definition) is 3. The van der Waals surface area contributed by atoms with E-state index in [1.54, 1.807) is 6.20 Å². The highest BCUT2D eigenvalue weighted by Crippen LogP contribution is 2.02. The standard InChI is InChI=1S/C7H14N4/c1-3-5-8-7-6-9-10-11(7)4-2/h6,8H,3-5H2,1-2H3. The van der Waals surface area contributed by atoms with Gasteiger partial charge in [0.15, 0.2) is 0 Å². The SMILES string of the molecule is CCCNc1cnnn1CC. The minimum Gasteiger partial charge on any atom is -0.369 e. The smallest absolute Gasteiger partial charge is 0.144 e. The number of nitrogens with one attached hydrogen (secondary N) is 1. The Labute approximate surface area is 66.6 Å². The summed E-state index contributed by atoms with van der Waals surface area (Å²) in [5.74, 6) is 1.01. The molecule has 62 valence electrons. The lowest BCUT2D eigenvalue weighted by atomic mass is 10.5. The van der Waals surface area contributed by atoms with Crippen molar-refractivity contribution in [3.63, 3.8) is 0 Å². The van der Waals surface area contributed by atoms with Crippen LogP contribution in [0.15, 0.2) is 6.20 Å². The Morgan fingerprint density at radius 1 is 1.55 bits per heavy atom. The third kappa shape index (κ3) is 1.93. The first-order valence-electron chi connectivity index (χ1n) is 4.00. The molecular formula is C7H14N4. The van der Waals surface area contributed by atoms with E-state index in [1.165, 1.54) is 0 Å². The molecular weight excluding hydrogens is 140 g/mol. The normalized spacial score (nSPS) is 10.0. The van der Waals surface area contributed by atoms with Gasteiger partial charge in [0, 0.05) is 13.1 Å². The Bertz CT molecular complexity index is 206. The van der Waals surface area contributed by atoms with E-state index in [9.17, 15) is 0 Å². The van der Waals surface area contributed by atoms with Gasteiger partial charge < -0.3 is 5.32 Å². The second-order valence-corrected chi connectivity index (χ2v) is 2.36.